The minimum absolute atomic E-state index is 0.146. The molecule has 0 heterocycles. The summed E-state index contributed by atoms with van der Waals surface area (Å²) < 4.78 is 10.0. The third kappa shape index (κ3) is 7.24. The van der Waals surface area contributed by atoms with E-state index in [9.17, 15) is 19.8 Å². The molecular formula is C30H28N2O6S. The summed E-state index contributed by atoms with van der Waals surface area (Å²) in [6, 6.07) is 24.7. The van der Waals surface area contributed by atoms with Crippen LogP contribution in [0, 0.1) is 0 Å². The zero-order chi connectivity index (χ0) is 27.8. The van der Waals surface area contributed by atoms with Gasteiger partial charge in [0.05, 0.1) is 13.2 Å². The first kappa shape index (κ1) is 27.4. The number of nitrogens with one attached hydrogen (secondary N) is 2. The molecule has 39 heavy (non-hydrogen) atoms. The van der Waals surface area contributed by atoms with Crippen LogP contribution in [0.4, 0.5) is 21.0 Å². The van der Waals surface area contributed by atoms with Crippen LogP contribution in [0.5, 0.6) is 11.5 Å². The van der Waals surface area contributed by atoms with Crippen LogP contribution >= 0.6 is 11.8 Å². The number of benzene rings is 4. The van der Waals surface area contributed by atoms with Crippen molar-refractivity contribution in [2.24, 2.45) is 0 Å². The summed E-state index contributed by atoms with van der Waals surface area (Å²) >= 11 is 1.50. The Kier molecular flexibility index (Phi) is 8.96. The maximum absolute atomic E-state index is 12.0. The number of phenolic OH excluding ortho intramolecular Hbond substituents is 2. The largest absolute Gasteiger partial charge is 0.508 e. The van der Waals surface area contributed by atoms with Crippen LogP contribution in [0.2, 0.25) is 0 Å². The number of aromatic hydroxyl groups is 2. The number of hydrogen-bond acceptors (Lipinski definition) is 7. The van der Waals surface area contributed by atoms with Gasteiger partial charge in [-0.1, -0.05) is 36.0 Å². The van der Waals surface area contributed by atoms with Gasteiger partial charge in [-0.2, -0.15) is 0 Å². The Balaban J connectivity index is 1.76. The molecule has 8 nitrogen and oxygen atoms in total. The molecule has 9 heteroatoms. The van der Waals surface area contributed by atoms with Crippen molar-refractivity contribution in [2.75, 3.05) is 23.8 Å². The van der Waals surface area contributed by atoms with Crippen molar-refractivity contribution in [1.82, 2.24) is 0 Å². The van der Waals surface area contributed by atoms with E-state index in [0.717, 1.165) is 32.0 Å². The fourth-order valence-electron chi connectivity index (χ4n) is 3.82. The number of ether oxygens (including phenoxy) is 2. The Labute approximate surface area is 230 Å². The second-order valence-corrected chi connectivity index (χ2v) is 9.39. The molecule has 0 unspecified atom stereocenters. The van der Waals surface area contributed by atoms with Crippen LogP contribution in [0.1, 0.15) is 13.8 Å². The lowest BCUT2D eigenvalue weighted by molar-refractivity contribution is 0.167. The van der Waals surface area contributed by atoms with E-state index < -0.39 is 12.2 Å². The van der Waals surface area contributed by atoms with E-state index >= 15 is 0 Å². The van der Waals surface area contributed by atoms with E-state index in [-0.39, 0.29) is 24.7 Å². The molecule has 0 spiro atoms. The molecular weight excluding hydrogens is 516 g/mol. The Morgan fingerprint density at radius 2 is 1.03 bits per heavy atom. The minimum atomic E-state index is -0.547. The molecule has 0 aliphatic heterocycles. The van der Waals surface area contributed by atoms with Gasteiger partial charge in [0.2, 0.25) is 0 Å². The summed E-state index contributed by atoms with van der Waals surface area (Å²) in [5, 5.41) is 25.1. The summed E-state index contributed by atoms with van der Waals surface area (Å²) in [6.45, 7) is 3.98. The van der Waals surface area contributed by atoms with Crippen LogP contribution in [0.15, 0.2) is 94.7 Å². The predicted octanol–water partition coefficient (Wildman–Crippen LogP) is 7.72. The van der Waals surface area contributed by atoms with E-state index in [1.54, 1.807) is 74.5 Å². The molecule has 4 aromatic rings. The monoisotopic (exact) mass is 544 g/mol. The summed E-state index contributed by atoms with van der Waals surface area (Å²) in [5.41, 5.74) is 4.48. The number of anilines is 2. The zero-order valence-corrected chi connectivity index (χ0v) is 22.2. The van der Waals surface area contributed by atoms with Gasteiger partial charge in [-0.25, -0.2) is 9.59 Å². The van der Waals surface area contributed by atoms with Crippen LogP contribution < -0.4 is 10.6 Å². The average Bonchev–Trinajstić information content (AvgIpc) is 2.91. The summed E-state index contributed by atoms with van der Waals surface area (Å²) in [5.74, 6) is 0.293. The van der Waals surface area contributed by atoms with Crippen molar-refractivity contribution in [3.63, 3.8) is 0 Å². The summed E-state index contributed by atoms with van der Waals surface area (Å²) in [4.78, 5) is 25.8. The highest BCUT2D eigenvalue weighted by Crippen LogP contribution is 2.43. The Hall–Kier alpha value is -4.63. The molecule has 0 saturated heterocycles. The fourth-order valence-corrected chi connectivity index (χ4v) is 4.90. The van der Waals surface area contributed by atoms with Gasteiger partial charge in [-0.15, -0.1) is 0 Å². The number of carbonyl (C=O) groups excluding carboxylic acids is 2. The molecule has 0 bridgehead atoms. The number of hydrogen-bond donors (Lipinski definition) is 4. The third-order valence-corrected chi connectivity index (χ3v) is 6.73. The molecule has 4 aromatic carbocycles. The molecule has 0 aliphatic rings. The molecule has 4 N–H and O–H groups in total. The zero-order valence-electron chi connectivity index (χ0n) is 21.4. The number of carbonyl (C=O) groups is 2. The van der Waals surface area contributed by atoms with Crippen LogP contribution in [-0.4, -0.2) is 35.6 Å². The molecule has 2 amide bonds. The topological polar surface area (TPSA) is 117 Å². The molecule has 0 atom stereocenters. The molecule has 0 radical (unpaired) electrons. The first-order chi connectivity index (χ1) is 18.9. The van der Waals surface area contributed by atoms with Crippen LogP contribution in [-0.2, 0) is 9.47 Å². The van der Waals surface area contributed by atoms with Crippen LogP contribution in [0.25, 0.3) is 22.3 Å². The van der Waals surface area contributed by atoms with Gasteiger partial charge in [0.15, 0.2) is 0 Å². The first-order valence-electron chi connectivity index (χ1n) is 12.3. The van der Waals surface area contributed by atoms with Gasteiger partial charge in [0, 0.05) is 21.2 Å². The lowest BCUT2D eigenvalue weighted by atomic mass is 10.0. The van der Waals surface area contributed by atoms with Gasteiger partial charge in [0.25, 0.3) is 0 Å². The van der Waals surface area contributed by atoms with E-state index in [1.807, 2.05) is 24.3 Å². The number of phenols is 2. The van der Waals surface area contributed by atoms with Gasteiger partial charge in [0.1, 0.15) is 11.5 Å². The smallest absolute Gasteiger partial charge is 0.411 e. The standard InChI is InChI=1S/C30H28N2O6S/c1-3-37-29(35)31-21-9-15-27(25(17-21)19-5-11-23(33)12-6-19)39-28-16-10-22(32-30(36)38-4-2)18-26(28)20-7-13-24(34)14-8-20/h5-18,33-34H,3-4H2,1-2H3,(H,31,35)(H,32,36). The molecule has 4 rings (SSSR count). The molecule has 0 aromatic heterocycles. The highest BCUT2D eigenvalue weighted by atomic mass is 32.2. The fraction of sp³-hybridized carbons (Fsp3) is 0.133. The number of amides is 2. The molecule has 0 aliphatic carbocycles. The highest BCUT2D eigenvalue weighted by Gasteiger charge is 2.15. The quantitative estimate of drug-likeness (QED) is 0.179. The minimum Gasteiger partial charge on any atom is -0.508 e. The maximum atomic E-state index is 12.0. The Morgan fingerprint density at radius 3 is 1.38 bits per heavy atom. The average molecular weight is 545 g/mol. The van der Waals surface area contributed by atoms with Crippen molar-refractivity contribution >= 4 is 35.3 Å². The van der Waals surface area contributed by atoms with Crippen molar-refractivity contribution in [1.29, 1.82) is 0 Å². The first-order valence-corrected chi connectivity index (χ1v) is 13.1. The van der Waals surface area contributed by atoms with Gasteiger partial charge >= 0.3 is 12.2 Å². The summed E-state index contributed by atoms with van der Waals surface area (Å²) in [6.07, 6.45) is -1.09. The van der Waals surface area contributed by atoms with E-state index in [0.29, 0.717) is 11.4 Å². The van der Waals surface area contributed by atoms with E-state index in [1.165, 1.54) is 11.8 Å². The van der Waals surface area contributed by atoms with Crippen molar-refractivity contribution in [3.8, 4) is 33.8 Å². The predicted molar refractivity (Wildman–Crippen MR) is 152 cm³/mol. The second-order valence-electron chi connectivity index (χ2n) is 8.31. The maximum Gasteiger partial charge on any atom is 0.411 e. The van der Waals surface area contributed by atoms with Crippen LogP contribution in [0.3, 0.4) is 0 Å². The SMILES string of the molecule is CCOC(=O)Nc1ccc(Sc2ccc(NC(=O)OCC)cc2-c2ccc(O)cc2)c(-c2ccc(O)cc2)c1. The lowest BCUT2D eigenvalue weighted by Gasteiger charge is -2.16. The van der Waals surface area contributed by atoms with Crippen molar-refractivity contribution in [2.45, 2.75) is 23.6 Å². The molecule has 0 saturated carbocycles. The second kappa shape index (κ2) is 12.7. The van der Waals surface area contributed by atoms with Gasteiger partial charge in [-0.3, -0.25) is 10.6 Å². The number of rotatable bonds is 8. The van der Waals surface area contributed by atoms with Gasteiger partial charge < -0.3 is 19.7 Å². The Bertz CT molecular complexity index is 1340. The Morgan fingerprint density at radius 1 is 0.641 bits per heavy atom. The highest BCUT2D eigenvalue weighted by molar-refractivity contribution is 7.99. The third-order valence-electron chi connectivity index (χ3n) is 5.58. The summed E-state index contributed by atoms with van der Waals surface area (Å²) in [7, 11) is 0. The van der Waals surface area contributed by atoms with Crippen molar-refractivity contribution < 1.29 is 29.3 Å². The normalized spacial score (nSPS) is 10.5. The van der Waals surface area contributed by atoms with Crippen molar-refractivity contribution in [3.05, 3.63) is 84.9 Å². The molecule has 0 fully saturated rings. The molecule has 200 valence electrons. The lowest BCUT2D eigenvalue weighted by Crippen LogP contribution is -2.13. The van der Waals surface area contributed by atoms with E-state index in [2.05, 4.69) is 10.6 Å². The van der Waals surface area contributed by atoms with Gasteiger partial charge in [-0.05, 0) is 96.8 Å². The van der Waals surface area contributed by atoms with E-state index in [4.69, 9.17) is 9.47 Å².